The van der Waals surface area contributed by atoms with E-state index in [-0.39, 0.29) is 28.7 Å². The first kappa shape index (κ1) is 13.4. The molecule has 2 rings (SSSR count). The van der Waals surface area contributed by atoms with Gasteiger partial charge in [0.1, 0.15) is 16.4 Å². The lowest BCUT2D eigenvalue weighted by Crippen LogP contribution is -2.48. The minimum atomic E-state index is -4.48. The van der Waals surface area contributed by atoms with Gasteiger partial charge in [-0.1, -0.05) is 23.2 Å². The molecule has 98 valence electrons. The molecule has 0 bridgehead atoms. The molecule has 0 aliphatic heterocycles. The van der Waals surface area contributed by atoms with E-state index in [1.807, 2.05) is 5.32 Å². The van der Waals surface area contributed by atoms with E-state index >= 15 is 0 Å². The fourth-order valence-corrected chi connectivity index (χ4v) is 1.80. The molecule has 1 aliphatic rings. The number of hydrogen-bond acceptors (Lipinski definition) is 2. The van der Waals surface area contributed by atoms with Crippen molar-refractivity contribution >= 4 is 29.1 Å². The van der Waals surface area contributed by atoms with Crippen LogP contribution < -0.4 is 5.32 Å². The average Bonchev–Trinajstić information content (AvgIpc) is 3.01. The van der Waals surface area contributed by atoms with Crippen LogP contribution in [0.15, 0.2) is 12.1 Å². The summed E-state index contributed by atoms with van der Waals surface area (Å²) in [5, 5.41) is 1.86. The van der Waals surface area contributed by atoms with Crippen molar-refractivity contribution in [3.8, 4) is 0 Å². The Labute approximate surface area is 110 Å². The quantitative estimate of drug-likeness (QED) is 0.852. The molecule has 0 radical (unpaired) electrons. The van der Waals surface area contributed by atoms with Crippen molar-refractivity contribution in [2.24, 2.45) is 0 Å². The molecule has 0 atom stereocenters. The van der Waals surface area contributed by atoms with E-state index in [0.29, 0.717) is 0 Å². The lowest BCUT2D eigenvalue weighted by Gasteiger charge is -2.20. The average molecular weight is 299 g/mol. The Morgan fingerprint density at radius 1 is 1.33 bits per heavy atom. The van der Waals surface area contributed by atoms with Crippen LogP contribution in [0.3, 0.4) is 0 Å². The van der Waals surface area contributed by atoms with E-state index in [1.54, 1.807) is 0 Å². The van der Waals surface area contributed by atoms with Crippen molar-refractivity contribution < 1.29 is 18.0 Å². The standard InChI is InChI=1S/C10H7Cl2F3N2O/c11-5-1-2-6(12)16-7(5)8(18)17-9(3-4-9)10(13,14)15/h1-2H,3-4H2,(H,17,18). The van der Waals surface area contributed by atoms with Gasteiger partial charge in [-0.15, -0.1) is 0 Å². The van der Waals surface area contributed by atoms with Crippen LogP contribution in [0.5, 0.6) is 0 Å². The Morgan fingerprint density at radius 3 is 2.44 bits per heavy atom. The molecule has 1 aromatic heterocycles. The molecule has 1 N–H and O–H groups in total. The fraction of sp³-hybridized carbons (Fsp3) is 0.400. The van der Waals surface area contributed by atoms with Crippen LogP contribution in [0.2, 0.25) is 10.2 Å². The summed E-state index contributed by atoms with van der Waals surface area (Å²) in [6.45, 7) is 0. The fourth-order valence-electron chi connectivity index (χ4n) is 1.46. The van der Waals surface area contributed by atoms with Gasteiger partial charge >= 0.3 is 6.18 Å². The van der Waals surface area contributed by atoms with E-state index in [9.17, 15) is 18.0 Å². The Balaban J connectivity index is 2.21. The van der Waals surface area contributed by atoms with Gasteiger partial charge in [0.05, 0.1) is 5.02 Å². The van der Waals surface area contributed by atoms with Crippen LogP contribution >= 0.6 is 23.2 Å². The smallest absolute Gasteiger partial charge is 0.336 e. The minimum absolute atomic E-state index is 0.0126. The third-order valence-corrected chi connectivity index (χ3v) is 3.19. The van der Waals surface area contributed by atoms with E-state index in [0.717, 1.165) is 0 Å². The van der Waals surface area contributed by atoms with Crippen molar-refractivity contribution in [2.45, 2.75) is 24.6 Å². The van der Waals surface area contributed by atoms with Crippen LogP contribution in [0, 0.1) is 0 Å². The molecule has 0 saturated heterocycles. The normalized spacial score (nSPS) is 17.4. The maximum absolute atomic E-state index is 12.7. The number of nitrogens with zero attached hydrogens (tertiary/aromatic N) is 1. The van der Waals surface area contributed by atoms with Crippen molar-refractivity contribution in [1.29, 1.82) is 0 Å². The molecule has 1 aromatic rings. The van der Waals surface area contributed by atoms with Gasteiger partial charge in [0.15, 0.2) is 0 Å². The summed E-state index contributed by atoms with van der Waals surface area (Å²) >= 11 is 11.3. The number of aromatic nitrogens is 1. The Hall–Kier alpha value is -1.01. The van der Waals surface area contributed by atoms with Crippen LogP contribution in [0.4, 0.5) is 13.2 Å². The highest BCUT2D eigenvalue weighted by Crippen LogP contribution is 2.49. The molecule has 1 saturated carbocycles. The first-order valence-corrected chi connectivity index (χ1v) is 5.72. The van der Waals surface area contributed by atoms with Gasteiger partial charge in [-0.05, 0) is 25.0 Å². The molecule has 1 amide bonds. The largest absolute Gasteiger partial charge is 0.411 e. The second-order valence-corrected chi connectivity index (χ2v) is 4.79. The number of carbonyl (C=O) groups excluding carboxylic acids is 1. The van der Waals surface area contributed by atoms with Gasteiger partial charge < -0.3 is 5.32 Å². The van der Waals surface area contributed by atoms with Crippen molar-refractivity contribution in [1.82, 2.24) is 10.3 Å². The highest BCUT2D eigenvalue weighted by atomic mass is 35.5. The van der Waals surface area contributed by atoms with E-state index in [4.69, 9.17) is 23.2 Å². The molecule has 0 unspecified atom stereocenters. The van der Waals surface area contributed by atoms with Crippen molar-refractivity contribution in [3.05, 3.63) is 28.0 Å². The number of rotatable bonds is 2. The molecule has 0 aromatic carbocycles. The number of pyridine rings is 1. The third-order valence-electron chi connectivity index (χ3n) is 2.67. The Kier molecular flexibility index (Phi) is 3.19. The Bertz CT molecular complexity index is 500. The van der Waals surface area contributed by atoms with Gasteiger partial charge in [0, 0.05) is 0 Å². The van der Waals surface area contributed by atoms with Crippen LogP contribution in [-0.2, 0) is 0 Å². The van der Waals surface area contributed by atoms with Crippen molar-refractivity contribution in [2.75, 3.05) is 0 Å². The lowest BCUT2D eigenvalue weighted by molar-refractivity contribution is -0.163. The van der Waals surface area contributed by atoms with Gasteiger partial charge in [0.2, 0.25) is 0 Å². The topological polar surface area (TPSA) is 42.0 Å². The zero-order chi connectivity index (χ0) is 13.6. The zero-order valence-corrected chi connectivity index (χ0v) is 10.3. The molecule has 1 heterocycles. The lowest BCUT2D eigenvalue weighted by atomic mass is 10.2. The highest BCUT2D eigenvalue weighted by Gasteiger charge is 2.64. The van der Waals surface area contributed by atoms with Gasteiger partial charge in [-0.25, -0.2) is 4.98 Å². The van der Waals surface area contributed by atoms with Gasteiger partial charge in [0.25, 0.3) is 5.91 Å². The third kappa shape index (κ3) is 2.40. The molecule has 1 aliphatic carbocycles. The number of alkyl halides is 3. The highest BCUT2D eigenvalue weighted by molar-refractivity contribution is 6.34. The van der Waals surface area contributed by atoms with Gasteiger partial charge in [-0.2, -0.15) is 13.2 Å². The number of nitrogens with one attached hydrogen (secondary N) is 1. The second kappa shape index (κ2) is 4.28. The monoisotopic (exact) mass is 298 g/mol. The number of carbonyl (C=O) groups is 1. The molecule has 18 heavy (non-hydrogen) atoms. The number of amides is 1. The molecular formula is C10H7Cl2F3N2O. The summed E-state index contributed by atoms with van der Waals surface area (Å²) in [6, 6.07) is 2.65. The zero-order valence-electron chi connectivity index (χ0n) is 8.81. The predicted molar refractivity (Wildman–Crippen MR) is 59.7 cm³/mol. The maximum Gasteiger partial charge on any atom is 0.411 e. The summed E-state index contributed by atoms with van der Waals surface area (Å²) < 4.78 is 38.0. The molecular weight excluding hydrogens is 292 g/mol. The summed E-state index contributed by atoms with van der Waals surface area (Å²) in [6.07, 6.45) is -4.76. The second-order valence-electron chi connectivity index (χ2n) is 4.00. The van der Waals surface area contributed by atoms with Gasteiger partial charge in [-0.3, -0.25) is 4.79 Å². The first-order chi connectivity index (χ1) is 8.25. The first-order valence-electron chi connectivity index (χ1n) is 4.96. The number of hydrogen-bond donors (Lipinski definition) is 1. The maximum atomic E-state index is 12.7. The van der Waals surface area contributed by atoms with E-state index < -0.39 is 17.6 Å². The number of halogens is 5. The van der Waals surface area contributed by atoms with Crippen LogP contribution in [0.25, 0.3) is 0 Å². The summed E-state index contributed by atoms with van der Waals surface area (Å²) in [4.78, 5) is 15.3. The van der Waals surface area contributed by atoms with Crippen molar-refractivity contribution in [3.63, 3.8) is 0 Å². The molecule has 0 spiro atoms. The van der Waals surface area contributed by atoms with Crippen LogP contribution in [-0.4, -0.2) is 22.6 Å². The van der Waals surface area contributed by atoms with Crippen LogP contribution in [0.1, 0.15) is 23.3 Å². The predicted octanol–water partition coefficient (Wildman–Crippen LogP) is 3.21. The molecule has 8 heteroatoms. The van der Waals surface area contributed by atoms with E-state index in [2.05, 4.69) is 4.98 Å². The molecule has 1 fully saturated rings. The summed E-state index contributed by atoms with van der Waals surface area (Å²) in [5.74, 6) is -0.975. The summed E-state index contributed by atoms with van der Waals surface area (Å²) in [5.41, 5.74) is -2.45. The SMILES string of the molecule is O=C(NC1(C(F)(F)F)CC1)c1nc(Cl)ccc1Cl. The Morgan fingerprint density at radius 2 is 1.94 bits per heavy atom. The minimum Gasteiger partial charge on any atom is -0.336 e. The molecule has 3 nitrogen and oxygen atoms in total. The summed E-state index contributed by atoms with van der Waals surface area (Å²) in [7, 11) is 0. The van der Waals surface area contributed by atoms with E-state index in [1.165, 1.54) is 12.1 Å².